The van der Waals surface area contributed by atoms with Crippen LogP contribution in [0.3, 0.4) is 0 Å². The summed E-state index contributed by atoms with van der Waals surface area (Å²) in [6.45, 7) is 9.40. The minimum Gasteiger partial charge on any atom is -0.311 e. The Kier molecular flexibility index (Phi) is 22.5. The number of anilines is 3. The number of unbranched alkanes of at least 4 members (excludes halogenated alkanes) is 12. The van der Waals surface area contributed by atoms with Gasteiger partial charge in [-0.3, -0.25) is 0 Å². The van der Waals surface area contributed by atoms with Gasteiger partial charge in [0.25, 0.3) is 0 Å². The Morgan fingerprint density at radius 1 is 0.229 bits per heavy atom. The second kappa shape index (κ2) is 33.7. The van der Waals surface area contributed by atoms with Crippen molar-refractivity contribution < 1.29 is 0 Å². The van der Waals surface area contributed by atoms with Gasteiger partial charge < -0.3 is 4.90 Å². The molecule has 3 aliphatic carbocycles. The van der Waals surface area contributed by atoms with E-state index < -0.39 is 0 Å². The molecule has 1 unspecified atom stereocenters. The topological polar surface area (TPSA) is 3.24 Å². The second-order valence-corrected chi connectivity index (χ2v) is 32.1. The fourth-order valence-electron chi connectivity index (χ4n) is 19.3. The van der Waals surface area contributed by atoms with Crippen molar-refractivity contribution in [1.29, 1.82) is 0 Å². The van der Waals surface area contributed by atoms with Gasteiger partial charge in [-0.05, 0) is 227 Å². The molecular formula is C108H109N. The molecule has 0 heterocycles. The molecule has 0 amide bonds. The fourth-order valence-corrected chi connectivity index (χ4v) is 19.3. The van der Waals surface area contributed by atoms with Gasteiger partial charge in [0, 0.05) is 39.7 Å². The molecule has 1 nitrogen and oxygen atoms in total. The van der Waals surface area contributed by atoms with Gasteiger partial charge in [-0.15, -0.1) is 0 Å². The highest BCUT2D eigenvalue weighted by Crippen LogP contribution is 2.58. The Hall–Kier alpha value is -10.3. The Balaban J connectivity index is 0.708. The quantitative estimate of drug-likeness (QED) is 0.0293. The summed E-state index contributed by atoms with van der Waals surface area (Å²) in [5.41, 5.74) is 36.4. The van der Waals surface area contributed by atoms with Crippen LogP contribution in [0.4, 0.5) is 17.1 Å². The van der Waals surface area contributed by atoms with Crippen molar-refractivity contribution in [1.82, 2.24) is 0 Å². The summed E-state index contributed by atoms with van der Waals surface area (Å²) in [6, 6.07) is 120. The lowest BCUT2D eigenvalue weighted by Gasteiger charge is -2.34. The summed E-state index contributed by atoms with van der Waals surface area (Å²) in [6.07, 6.45) is 27.0. The highest BCUT2D eigenvalue weighted by Gasteiger charge is 2.45. The van der Waals surface area contributed by atoms with Crippen LogP contribution in [0.1, 0.15) is 235 Å². The lowest BCUT2D eigenvalue weighted by Crippen LogP contribution is -2.26. The van der Waals surface area contributed by atoms with Crippen LogP contribution in [0.5, 0.6) is 0 Å². The van der Waals surface area contributed by atoms with Gasteiger partial charge >= 0.3 is 0 Å². The first-order valence-electron chi connectivity index (χ1n) is 42.0. The maximum atomic E-state index is 2.66. The van der Waals surface area contributed by atoms with Crippen LogP contribution >= 0.6 is 0 Å². The van der Waals surface area contributed by atoms with E-state index in [0.29, 0.717) is 0 Å². The fraction of sp³-hybridized carbons (Fsp3) is 0.278. The molecule has 1 heteroatoms. The first kappa shape index (κ1) is 72.8. The zero-order valence-electron chi connectivity index (χ0n) is 65.1. The van der Waals surface area contributed by atoms with Gasteiger partial charge in [0.05, 0.1) is 0 Å². The van der Waals surface area contributed by atoms with Crippen LogP contribution in [0.25, 0.3) is 66.8 Å². The molecule has 13 aromatic carbocycles. The number of hydrogen-bond acceptors (Lipinski definition) is 1. The number of nitrogens with zero attached hydrogens (tertiary/aromatic N) is 1. The SMILES string of the molecule is CCCCCCC1(CCCCCC)c2cc(-c3ccc(C(c4ccccc4)c4cccc(-c5ccc6c(c5)CC6)c4)cc3)ccc2-c2ccc(-c3ccc(N(c4ccccc4)c4ccc(-c5ccc6c(c5)C(CCCCCC)(CCCCCC)c5cc(C(c7ccccc7)c7ccccc7)ccc5-6)cc4)cc3)cc21. The second-order valence-electron chi connectivity index (χ2n) is 32.1. The highest BCUT2D eigenvalue weighted by atomic mass is 15.1. The van der Waals surface area contributed by atoms with Crippen molar-refractivity contribution in [3.8, 4) is 66.8 Å². The molecule has 0 aliphatic heterocycles. The Bertz CT molecular complexity index is 5120. The average Bonchev–Trinajstić information content (AvgIpc) is 1.57. The largest absolute Gasteiger partial charge is 0.311 e. The van der Waals surface area contributed by atoms with Gasteiger partial charge in [-0.2, -0.15) is 0 Å². The van der Waals surface area contributed by atoms with E-state index in [4.69, 9.17) is 0 Å². The summed E-state index contributed by atoms with van der Waals surface area (Å²) >= 11 is 0. The molecule has 546 valence electrons. The Labute approximate surface area is 652 Å². The zero-order valence-corrected chi connectivity index (χ0v) is 65.1. The maximum absolute atomic E-state index is 2.66. The summed E-state index contributed by atoms with van der Waals surface area (Å²) in [7, 11) is 0. The van der Waals surface area contributed by atoms with Crippen molar-refractivity contribution in [3.05, 3.63) is 376 Å². The molecule has 0 spiro atoms. The molecule has 0 N–H and O–H groups in total. The predicted octanol–water partition coefficient (Wildman–Crippen LogP) is 30.7. The van der Waals surface area contributed by atoms with Gasteiger partial charge in [-0.1, -0.05) is 385 Å². The van der Waals surface area contributed by atoms with Crippen LogP contribution in [-0.2, 0) is 23.7 Å². The van der Waals surface area contributed by atoms with Gasteiger partial charge in [-0.25, -0.2) is 0 Å². The first-order chi connectivity index (χ1) is 53.8. The summed E-state index contributed by atoms with van der Waals surface area (Å²) in [5.74, 6) is 0.256. The minimum absolute atomic E-state index is 0.0746. The number of fused-ring (bicyclic) bond motifs is 7. The van der Waals surface area contributed by atoms with Crippen LogP contribution in [0.15, 0.2) is 309 Å². The number of aryl methyl sites for hydroxylation is 2. The average molecular weight is 1420 g/mol. The van der Waals surface area contributed by atoms with E-state index in [1.807, 2.05) is 0 Å². The van der Waals surface area contributed by atoms with Gasteiger partial charge in [0.1, 0.15) is 0 Å². The van der Waals surface area contributed by atoms with E-state index >= 15 is 0 Å². The lowest BCUT2D eigenvalue weighted by atomic mass is 9.69. The standard InChI is InChI=1S/C108H109N/c1-5-9-13-29-68-107(69-30-14-10-6-2)101-74-89(79-44-48-85(49-45-79)106(84-38-25-19-26-39-84)92-41-33-40-86(73-92)88-51-47-78-46-50-87(78)72-88)56-64-97(101)98-65-57-90(75-102(98)107)80-52-60-95(61-53-80)109(94-42-27-20-28-43-94)96-62-54-81(55-63-96)91-58-66-99-100-67-59-93(105(82-34-21-17-22-35-82)83-36-23-18-24-37-83)77-104(100)108(103(99)76-91,70-31-15-11-7-3)71-32-16-12-8-4/h17-28,33-45,47-49,51-67,72-77,105-106H,5-16,29-32,46,50,68-71H2,1-4H3. The molecule has 0 saturated carbocycles. The van der Waals surface area contributed by atoms with Gasteiger partial charge in [0.2, 0.25) is 0 Å². The van der Waals surface area contributed by atoms with Crippen LogP contribution in [-0.4, -0.2) is 0 Å². The first-order valence-corrected chi connectivity index (χ1v) is 42.0. The van der Waals surface area contributed by atoms with Crippen LogP contribution < -0.4 is 4.90 Å². The summed E-state index contributed by atoms with van der Waals surface area (Å²) in [5, 5.41) is 0. The number of benzene rings is 13. The van der Waals surface area contributed by atoms with Gasteiger partial charge in [0.15, 0.2) is 0 Å². The van der Waals surface area contributed by atoms with E-state index in [2.05, 4.69) is 342 Å². The molecule has 0 fully saturated rings. The number of hydrogen-bond donors (Lipinski definition) is 0. The minimum atomic E-state index is -0.0899. The van der Waals surface area contributed by atoms with E-state index in [0.717, 1.165) is 29.9 Å². The molecule has 0 saturated heterocycles. The zero-order chi connectivity index (χ0) is 73.9. The van der Waals surface area contributed by atoms with Crippen molar-refractivity contribution in [3.63, 3.8) is 0 Å². The number of para-hydroxylation sites is 1. The summed E-state index contributed by atoms with van der Waals surface area (Å²) in [4.78, 5) is 2.44. The molecule has 3 aliphatic rings. The molecule has 1 atom stereocenters. The van der Waals surface area contributed by atoms with E-state index in [1.54, 1.807) is 5.56 Å². The van der Waals surface area contributed by atoms with Crippen LogP contribution in [0, 0.1) is 0 Å². The van der Waals surface area contributed by atoms with E-state index in [1.165, 1.54) is 256 Å². The molecule has 0 bridgehead atoms. The lowest BCUT2D eigenvalue weighted by molar-refractivity contribution is 0.401. The normalized spacial score (nSPS) is 13.6. The Morgan fingerprint density at radius 2 is 0.532 bits per heavy atom. The smallest absolute Gasteiger partial charge is 0.0462 e. The molecular weight excluding hydrogens is 1310 g/mol. The maximum Gasteiger partial charge on any atom is 0.0462 e. The summed E-state index contributed by atoms with van der Waals surface area (Å²) < 4.78 is 0. The molecule has 0 radical (unpaired) electrons. The van der Waals surface area contributed by atoms with Crippen LogP contribution in [0.2, 0.25) is 0 Å². The van der Waals surface area contributed by atoms with Crippen molar-refractivity contribution in [2.24, 2.45) is 0 Å². The molecule has 16 rings (SSSR count). The Morgan fingerprint density at radius 3 is 0.927 bits per heavy atom. The molecule has 109 heavy (non-hydrogen) atoms. The van der Waals surface area contributed by atoms with Crippen molar-refractivity contribution in [2.75, 3.05) is 4.90 Å². The van der Waals surface area contributed by atoms with E-state index in [9.17, 15) is 0 Å². The van der Waals surface area contributed by atoms with Crippen molar-refractivity contribution >= 4 is 17.1 Å². The van der Waals surface area contributed by atoms with E-state index in [-0.39, 0.29) is 22.7 Å². The molecule has 13 aromatic rings. The van der Waals surface area contributed by atoms with Crippen molar-refractivity contribution in [2.45, 2.75) is 192 Å². The monoisotopic (exact) mass is 1420 g/mol. The third-order valence-electron chi connectivity index (χ3n) is 25.2. The number of rotatable bonds is 33. The predicted molar refractivity (Wildman–Crippen MR) is 465 cm³/mol. The third kappa shape index (κ3) is 15.1. The third-order valence-corrected chi connectivity index (χ3v) is 25.2. The highest BCUT2D eigenvalue weighted by molar-refractivity contribution is 5.89. The molecule has 0 aromatic heterocycles.